The molecule has 2 rings (SSSR count). The van der Waals surface area contributed by atoms with Gasteiger partial charge in [0.25, 0.3) is 5.92 Å². The summed E-state index contributed by atoms with van der Waals surface area (Å²) in [4.78, 5) is 0. The van der Waals surface area contributed by atoms with Crippen LogP contribution in [-0.4, -0.2) is 12.5 Å². The summed E-state index contributed by atoms with van der Waals surface area (Å²) in [5, 5.41) is 2.86. The SMILES string of the molecule is C[C@@H]1CN[C@@H](c2ccccc2)C1(F)F. The summed E-state index contributed by atoms with van der Waals surface area (Å²) < 4.78 is 27.3. The molecule has 1 aliphatic rings. The monoisotopic (exact) mass is 197 g/mol. The highest BCUT2D eigenvalue weighted by Gasteiger charge is 2.50. The van der Waals surface area contributed by atoms with Crippen LogP contribution in [0.5, 0.6) is 0 Å². The summed E-state index contributed by atoms with van der Waals surface area (Å²) in [6.07, 6.45) is 0. The maximum atomic E-state index is 13.6. The maximum Gasteiger partial charge on any atom is 0.270 e. The highest BCUT2D eigenvalue weighted by Crippen LogP contribution is 2.41. The molecule has 0 unspecified atom stereocenters. The van der Waals surface area contributed by atoms with Gasteiger partial charge in [-0.3, -0.25) is 0 Å². The summed E-state index contributed by atoms with van der Waals surface area (Å²) in [6.45, 7) is 1.96. The van der Waals surface area contributed by atoms with E-state index in [1.165, 1.54) is 0 Å². The lowest BCUT2D eigenvalue weighted by molar-refractivity contribution is -0.0463. The first-order valence-corrected chi connectivity index (χ1v) is 4.78. The van der Waals surface area contributed by atoms with E-state index in [9.17, 15) is 8.78 Å². The van der Waals surface area contributed by atoms with Crippen LogP contribution >= 0.6 is 0 Å². The van der Waals surface area contributed by atoms with Gasteiger partial charge in [0.05, 0.1) is 6.04 Å². The molecule has 1 heterocycles. The second-order valence-corrected chi connectivity index (χ2v) is 3.83. The highest BCUT2D eigenvalue weighted by atomic mass is 19.3. The van der Waals surface area contributed by atoms with Crippen molar-refractivity contribution in [3.8, 4) is 0 Å². The molecule has 1 nitrogen and oxygen atoms in total. The van der Waals surface area contributed by atoms with E-state index in [-0.39, 0.29) is 0 Å². The number of hydrogen-bond donors (Lipinski definition) is 1. The number of halogens is 2. The number of rotatable bonds is 1. The lowest BCUT2D eigenvalue weighted by atomic mass is 9.97. The summed E-state index contributed by atoms with van der Waals surface area (Å²) in [7, 11) is 0. The van der Waals surface area contributed by atoms with Gasteiger partial charge in [0.2, 0.25) is 0 Å². The van der Waals surface area contributed by atoms with Gasteiger partial charge in [0.15, 0.2) is 0 Å². The second-order valence-electron chi connectivity index (χ2n) is 3.83. The molecule has 0 amide bonds. The van der Waals surface area contributed by atoms with Crippen molar-refractivity contribution in [2.45, 2.75) is 18.9 Å². The lowest BCUT2D eigenvalue weighted by Gasteiger charge is -2.21. The molecule has 1 aromatic carbocycles. The van der Waals surface area contributed by atoms with Crippen molar-refractivity contribution >= 4 is 0 Å². The van der Waals surface area contributed by atoms with Gasteiger partial charge < -0.3 is 5.32 Å². The fraction of sp³-hybridized carbons (Fsp3) is 0.455. The summed E-state index contributed by atoms with van der Waals surface area (Å²) >= 11 is 0. The number of alkyl halides is 2. The first-order valence-electron chi connectivity index (χ1n) is 4.78. The zero-order valence-electron chi connectivity index (χ0n) is 8.00. The molecule has 0 bridgehead atoms. The van der Waals surface area contributed by atoms with Crippen molar-refractivity contribution < 1.29 is 8.78 Å². The molecule has 2 atom stereocenters. The third-order valence-electron chi connectivity index (χ3n) is 2.80. The third kappa shape index (κ3) is 1.42. The van der Waals surface area contributed by atoms with Crippen LogP contribution in [0.15, 0.2) is 30.3 Å². The lowest BCUT2D eigenvalue weighted by Crippen LogP contribution is -2.29. The van der Waals surface area contributed by atoms with Crippen LogP contribution in [0.1, 0.15) is 18.5 Å². The average Bonchev–Trinajstić information content (AvgIpc) is 2.44. The van der Waals surface area contributed by atoms with Gasteiger partial charge in [-0.05, 0) is 5.56 Å². The molecule has 1 fully saturated rings. The molecular weight excluding hydrogens is 184 g/mol. The van der Waals surface area contributed by atoms with Crippen molar-refractivity contribution in [1.29, 1.82) is 0 Å². The van der Waals surface area contributed by atoms with Crippen molar-refractivity contribution in [2.75, 3.05) is 6.54 Å². The molecule has 3 heteroatoms. The Morgan fingerprint density at radius 3 is 2.43 bits per heavy atom. The van der Waals surface area contributed by atoms with Gasteiger partial charge in [0.1, 0.15) is 0 Å². The largest absolute Gasteiger partial charge is 0.304 e. The second kappa shape index (κ2) is 3.31. The molecule has 1 saturated heterocycles. The van der Waals surface area contributed by atoms with Crippen molar-refractivity contribution in [3.05, 3.63) is 35.9 Å². The summed E-state index contributed by atoms with van der Waals surface area (Å²) in [5.41, 5.74) is 0.668. The fourth-order valence-corrected chi connectivity index (χ4v) is 1.84. The molecule has 0 radical (unpaired) electrons. The Bertz CT molecular complexity index is 310. The van der Waals surface area contributed by atoms with E-state index in [0.717, 1.165) is 0 Å². The van der Waals surface area contributed by atoms with Crippen LogP contribution in [0.4, 0.5) is 8.78 Å². The quantitative estimate of drug-likeness (QED) is 0.729. The third-order valence-corrected chi connectivity index (χ3v) is 2.80. The summed E-state index contributed by atoms with van der Waals surface area (Å²) in [5.74, 6) is -3.23. The minimum absolute atomic E-state index is 0.382. The van der Waals surface area contributed by atoms with Crippen LogP contribution in [-0.2, 0) is 0 Å². The predicted octanol–water partition coefficient (Wildman–Crippen LogP) is 2.60. The molecule has 0 saturated carbocycles. The Kier molecular flexibility index (Phi) is 2.27. The number of hydrogen-bond acceptors (Lipinski definition) is 1. The zero-order valence-corrected chi connectivity index (χ0v) is 8.00. The standard InChI is InChI=1S/C11H13F2N/c1-8-7-14-10(11(8,12)13)9-5-3-2-4-6-9/h2-6,8,10,14H,7H2,1H3/t8-,10+/m1/s1. The zero-order chi connectivity index (χ0) is 10.2. The molecule has 76 valence electrons. The topological polar surface area (TPSA) is 12.0 Å². The van der Waals surface area contributed by atoms with E-state index in [2.05, 4.69) is 5.32 Å². The maximum absolute atomic E-state index is 13.6. The van der Waals surface area contributed by atoms with Crippen molar-refractivity contribution in [2.24, 2.45) is 5.92 Å². The van der Waals surface area contributed by atoms with E-state index in [4.69, 9.17) is 0 Å². The Hall–Kier alpha value is -0.960. The minimum Gasteiger partial charge on any atom is -0.304 e. The van der Waals surface area contributed by atoms with Crippen LogP contribution in [0.25, 0.3) is 0 Å². The Morgan fingerprint density at radius 2 is 1.93 bits per heavy atom. The fourth-order valence-electron chi connectivity index (χ4n) is 1.84. The Balaban J connectivity index is 2.29. The van der Waals surface area contributed by atoms with Gasteiger partial charge in [-0.1, -0.05) is 37.3 Å². The van der Waals surface area contributed by atoms with Crippen molar-refractivity contribution in [3.63, 3.8) is 0 Å². The predicted molar refractivity (Wildman–Crippen MR) is 51.3 cm³/mol. The van der Waals surface area contributed by atoms with Crippen LogP contribution < -0.4 is 5.32 Å². The number of nitrogens with one attached hydrogen (secondary N) is 1. The first-order chi connectivity index (χ1) is 6.62. The van der Waals surface area contributed by atoms with Gasteiger partial charge in [-0.15, -0.1) is 0 Å². The Morgan fingerprint density at radius 1 is 1.29 bits per heavy atom. The van der Waals surface area contributed by atoms with Gasteiger partial charge in [-0.2, -0.15) is 0 Å². The summed E-state index contributed by atoms with van der Waals surface area (Å²) in [6, 6.07) is 8.07. The highest BCUT2D eigenvalue weighted by molar-refractivity contribution is 5.23. The van der Waals surface area contributed by atoms with E-state index < -0.39 is 17.9 Å². The van der Waals surface area contributed by atoms with Gasteiger partial charge in [0, 0.05) is 12.5 Å². The van der Waals surface area contributed by atoms with Gasteiger partial charge in [-0.25, -0.2) is 8.78 Å². The molecular formula is C11H13F2N. The first kappa shape index (κ1) is 9.59. The number of benzene rings is 1. The van der Waals surface area contributed by atoms with Crippen LogP contribution in [0, 0.1) is 5.92 Å². The normalized spacial score (nSPS) is 30.5. The smallest absolute Gasteiger partial charge is 0.270 e. The van der Waals surface area contributed by atoms with Crippen LogP contribution in [0.2, 0.25) is 0 Å². The Labute approximate surface area is 82.1 Å². The van der Waals surface area contributed by atoms with E-state index in [1.54, 1.807) is 31.2 Å². The van der Waals surface area contributed by atoms with E-state index >= 15 is 0 Å². The van der Waals surface area contributed by atoms with E-state index in [0.29, 0.717) is 12.1 Å². The van der Waals surface area contributed by atoms with E-state index in [1.807, 2.05) is 6.07 Å². The van der Waals surface area contributed by atoms with Gasteiger partial charge >= 0.3 is 0 Å². The molecule has 0 aliphatic carbocycles. The van der Waals surface area contributed by atoms with Crippen molar-refractivity contribution in [1.82, 2.24) is 5.32 Å². The molecule has 1 N–H and O–H groups in total. The minimum atomic E-state index is -2.64. The average molecular weight is 197 g/mol. The molecule has 14 heavy (non-hydrogen) atoms. The van der Waals surface area contributed by atoms with Crippen LogP contribution in [0.3, 0.4) is 0 Å². The molecule has 0 spiro atoms. The molecule has 0 aromatic heterocycles. The molecule has 1 aliphatic heterocycles. The molecule has 1 aromatic rings.